The number of amides is 1. The van der Waals surface area contributed by atoms with E-state index in [0.29, 0.717) is 5.56 Å². The third-order valence-corrected chi connectivity index (χ3v) is 4.01. The number of thiophene rings is 1. The van der Waals surface area contributed by atoms with Crippen LogP contribution in [-0.2, 0) is 5.60 Å². The van der Waals surface area contributed by atoms with Gasteiger partial charge in [-0.05, 0) is 36.1 Å². The first-order valence-electron chi connectivity index (χ1n) is 6.58. The fourth-order valence-corrected chi connectivity index (χ4v) is 2.63. The van der Waals surface area contributed by atoms with E-state index in [-0.39, 0.29) is 17.2 Å². The van der Waals surface area contributed by atoms with Crippen LogP contribution < -0.4 is 10.1 Å². The smallest absolute Gasteiger partial charge is 0.387 e. The minimum Gasteiger partial charge on any atom is -0.433 e. The van der Waals surface area contributed by atoms with Crippen LogP contribution in [0.15, 0.2) is 35.7 Å². The van der Waals surface area contributed by atoms with Gasteiger partial charge in [0.05, 0.1) is 6.54 Å². The maximum absolute atomic E-state index is 12.9. The summed E-state index contributed by atoms with van der Waals surface area (Å²) >= 11 is 0.946. The van der Waals surface area contributed by atoms with Gasteiger partial charge in [0, 0.05) is 0 Å². The van der Waals surface area contributed by atoms with Crippen molar-refractivity contribution in [2.24, 2.45) is 0 Å². The molecule has 1 aromatic carbocycles. The molecule has 0 aliphatic carbocycles. The number of carbonyl (C=O) groups is 1. The molecular formula is C15H14F3NO3S. The van der Waals surface area contributed by atoms with E-state index in [4.69, 9.17) is 0 Å². The summed E-state index contributed by atoms with van der Waals surface area (Å²) < 4.78 is 41.6. The van der Waals surface area contributed by atoms with Crippen LogP contribution >= 0.6 is 11.3 Å². The molecule has 2 aromatic rings. The van der Waals surface area contributed by atoms with Gasteiger partial charge >= 0.3 is 6.61 Å². The van der Waals surface area contributed by atoms with Crippen molar-refractivity contribution in [3.63, 3.8) is 0 Å². The molecular weight excluding hydrogens is 331 g/mol. The van der Waals surface area contributed by atoms with Crippen LogP contribution in [0.4, 0.5) is 13.2 Å². The Morgan fingerprint density at radius 2 is 2.00 bits per heavy atom. The van der Waals surface area contributed by atoms with Crippen molar-refractivity contribution < 1.29 is 27.8 Å². The fourth-order valence-electron chi connectivity index (χ4n) is 1.90. The molecule has 0 aliphatic heterocycles. The van der Waals surface area contributed by atoms with Crippen molar-refractivity contribution in [1.82, 2.24) is 5.32 Å². The van der Waals surface area contributed by atoms with Gasteiger partial charge in [-0.3, -0.25) is 4.79 Å². The Morgan fingerprint density at radius 3 is 2.61 bits per heavy atom. The van der Waals surface area contributed by atoms with E-state index in [2.05, 4.69) is 10.1 Å². The van der Waals surface area contributed by atoms with Gasteiger partial charge in [-0.1, -0.05) is 12.1 Å². The van der Waals surface area contributed by atoms with Crippen LogP contribution in [-0.4, -0.2) is 24.2 Å². The van der Waals surface area contributed by atoms with E-state index < -0.39 is 23.9 Å². The lowest BCUT2D eigenvalue weighted by Crippen LogP contribution is -2.38. The third-order valence-electron chi connectivity index (χ3n) is 3.11. The highest BCUT2D eigenvalue weighted by molar-refractivity contribution is 7.12. The molecule has 1 aromatic heterocycles. The van der Waals surface area contributed by atoms with Crippen LogP contribution in [0.5, 0.6) is 5.75 Å². The molecule has 0 aliphatic rings. The fraction of sp³-hybridized carbons (Fsp3) is 0.267. The van der Waals surface area contributed by atoms with Crippen molar-refractivity contribution in [3.8, 4) is 5.75 Å². The van der Waals surface area contributed by atoms with E-state index in [1.54, 1.807) is 0 Å². The summed E-state index contributed by atoms with van der Waals surface area (Å²) in [5, 5.41) is 14.3. The predicted octanol–water partition coefficient (Wildman–Crippen LogP) is 3.13. The van der Waals surface area contributed by atoms with E-state index in [9.17, 15) is 23.1 Å². The molecule has 23 heavy (non-hydrogen) atoms. The summed E-state index contributed by atoms with van der Waals surface area (Å²) in [6, 6.07) is 6.46. The zero-order valence-electron chi connectivity index (χ0n) is 12.1. The van der Waals surface area contributed by atoms with Crippen LogP contribution in [0.25, 0.3) is 0 Å². The summed E-state index contributed by atoms with van der Waals surface area (Å²) in [4.78, 5) is 12.0. The molecule has 0 fully saturated rings. The first-order valence-corrected chi connectivity index (χ1v) is 7.46. The maximum Gasteiger partial charge on any atom is 0.387 e. The molecule has 4 nitrogen and oxygen atoms in total. The molecule has 1 unspecified atom stereocenters. The highest BCUT2D eigenvalue weighted by Crippen LogP contribution is 2.27. The highest BCUT2D eigenvalue weighted by Gasteiger charge is 2.25. The van der Waals surface area contributed by atoms with Crippen molar-refractivity contribution >= 4 is 17.2 Å². The Balaban J connectivity index is 2.03. The van der Waals surface area contributed by atoms with Crippen LogP contribution in [0.2, 0.25) is 0 Å². The van der Waals surface area contributed by atoms with E-state index in [1.807, 2.05) is 0 Å². The zero-order chi connectivity index (χ0) is 17.0. The molecule has 2 N–H and O–H groups in total. The molecule has 1 heterocycles. The molecule has 0 radical (unpaired) electrons. The molecule has 0 bridgehead atoms. The molecule has 1 atom stereocenters. The van der Waals surface area contributed by atoms with Gasteiger partial charge in [0.25, 0.3) is 5.91 Å². The van der Waals surface area contributed by atoms with Gasteiger partial charge in [-0.25, -0.2) is 4.39 Å². The monoisotopic (exact) mass is 345 g/mol. The number of ether oxygens (including phenoxy) is 1. The van der Waals surface area contributed by atoms with E-state index in [0.717, 1.165) is 11.3 Å². The summed E-state index contributed by atoms with van der Waals surface area (Å²) in [6.45, 7) is -1.76. The second-order valence-corrected chi connectivity index (χ2v) is 5.87. The number of alkyl halides is 2. The number of halogens is 3. The Bertz CT molecular complexity index is 671. The number of hydrogen-bond acceptors (Lipinski definition) is 4. The topological polar surface area (TPSA) is 58.6 Å². The van der Waals surface area contributed by atoms with Crippen molar-refractivity contribution in [1.29, 1.82) is 0 Å². The zero-order valence-corrected chi connectivity index (χ0v) is 12.9. The summed E-state index contributed by atoms with van der Waals surface area (Å²) in [5.41, 5.74) is -1.03. The Kier molecular flexibility index (Phi) is 5.27. The molecule has 8 heteroatoms. The molecule has 124 valence electrons. The standard InChI is InChI=1S/C15H14F3NO3S/c1-15(21,9-2-4-10(16)5-3-9)8-19-13(20)12-11(6-7-23-12)22-14(17)18/h2-7,14,21H,8H2,1H3,(H,19,20). The lowest BCUT2D eigenvalue weighted by atomic mass is 9.96. The molecule has 1 amide bonds. The van der Waals surface area contributed by atoms with Gasteiger partial charge in [-0.2, -0.15) is 8.78 Å². The summed E-state index contributed by atoms with van der Waals surface area (Å²) in [6.07, 6.45) is 0. The number of aliphatic hydroxyl groups is 1. The van der Waals surface area contributed by atoms with Crippen molar-refractivity contribution in [3.05, 3.63) is 52.0 Å². The van der Waals surface area contributed by atoms with E-state index in [1.165, 1.54) is 42.6 Å². The predicted molar refractivity (Wildman–Crippen MR) is 79.3 cm³/mol. The lowest BCUT2D eigenvalue weighted by molar-refractivity contribution is -0.0498. The molecule has 0 saturated carbocycles. The van der Waals surface area contributed by atoms with Crippen molar-refractivity contribution in [2.45, 2.75) is 19.1 Å². The van der Waals surface area contributed by atoms with Gasteiger partial charge < -0.3 is 15.2 Å². The number of benzene rings is 1. The molecule has 0 spiro atoms. The SMILES string of the molecule is CC(O)(CNC(=O)c1sccc1OC(F)F)c1ccc(F)cc1. The Labute approximate surface area is 134 Å². The summed E-state index contributed by atoms with van der Waals surface area (Å²) in [5.74, 6) is -1.30. The maximum atomic E-state index is 12.9. The number of carbonyl (C=O) groups excluding carboxylic acids is 1. The molecule has 0 saturated heterocycles. The van der Waals surface area contributed by atoms with E-state index >= 15 is 0 Å². The number of rotatable bonds is 6. The van der Waals surface area contributed by atoms with Crippen LogP contribution in [0.1, 0.15) is 22.2 Å². The average molecular weight is 345 g/mol. The van der Waals surface area contributed by atoms with Gasteiger partial charge in [0.15, 0.2) is 0 Å². The molecule has 2 rings (SSSR count). The lowest BCUT2D eigenvalue weighted by Gasteiger charge is -2.24. The van der Waals surface area contributed by atoms with Gasteiger partial charge in [0.1, 0.15) is 22.0 Å². The first-order chi connectivity index (χ1) is 10.8. The van der Waals surface area contributed by atoms with Crippen LogP contribution in [0.3, 0.4) is 0 Å². The van der Waals surface area contributed by atoms with Gasteiger partial charge in [0.2, 0.25) is 0 Å². The minimum absolute atomic E-state index is 0.0137. The largest absolute Gasteiger partial charge is 0.433 e. The quantitative estimate of drug-likeness (QED) is 0.846. The number of hydrogen-bond donors (Lipinski definition) is 2. The number of nitrogens with one attached hydrogen (secondary N) is 1. The first kappa shape index (κ1) is 17.3. The normalized spacial score (nSPS) is 13.7. The van der Waals surface area contributed by atoms with Crippen molar-refractivity contribution in [2.75, 3.05) is 6.54 Å². The third kappa shape index (κ3) is 4.46. The summed E-state index contributed by atoms with van der Waals surface area (Å²) in [7, 11) is 0. The van der Waals surface area contributed by atoms with Gasteiger partial charge in [-0.15, -0.1) is 11.3 Å². The van der Waals surface area contributed by atoms with Crippen LogP contribution in [0, 0.1) is 5.82 Å². The second-order valence-electron chi connectivity index (χ2n) is 4.96. The average Bonchev–Trinajstić information content (AvgIpc) is 2.92. The Morgan fingerprint density at radius 1 is 1.35 bits per heavy atom. The highest BCUT2D eigenvalue weighted by atomic mass is 32.1. The minimum atomic E-state index is -3.03. The Hall–Kier alpha value is -2.06. The second kappa shape index (κ2) is 7.01.